The maximum Gasteiger partial charge on any atom is 0.177 e. The van der Waals surface area contributed by atoms with Gasteiger partial charge in [-0.25, -0.2) is 0 Å². The maximum atomic E-state index is 6.04. The van der Waals surface area contributed by atoms with E-state index in [0.29, 0.717) is 4.99 Å². The molecule has 0 fully saturated rings. The fourth-order valence-corrected chi connectivity index (χ4v) is 3.05. The molecule has 7 heteroatoms. The van der Waals surface area contributed by atoms with Crippen LogP contribution >= 0.6 is 28.1 Å². The number of oxime groups is 1. The molecule has 2 rings (SSSR count). The van der Waals surface area contributed by atoms with Crippen molar-refractivity contribution in [2.75, 3.05) is 6.61 Å². The molecule has 0 saturated heterocycles. The van der Waals surface area contributed by atoms with Crippen LogP contribution in [0, 0.1) is 19.3 Å². The Morgan fingerprint density at radius 2 is 2.22 bits per heavy atom. The second-order valence-electron chi connectivity index (χ2n) is 6.65. The predicted molar refractivity (Wildman–Crippen MR) is 117 cm³/mol. The molecule has 1 atom stereocenters. The van der Waals surface area contributed by atoms with Crippen LogP contribution in [0.4, 0.5) is 0 Å². The van der Waals surface area contributed by atoms with E-state index in [-0.39, 0.29) is 12.7 Å². The van der Waals surface area contributed by atoms with Gasteiger partial charge >= 0.3 is 0 Å². The lowest BCUT2D eigenvalue weighted by atomic mass is 10.1. The highest BCUT2D eigenvalue weighted by molar-refractivity contribution is 9.10. The van der Waals surface area contributed by atoms with Gasteiger partial charge in [0.05, 0.1) is 17.3 Å². The minimum atomic E-state index is -0.503. The molecule has 5 nitrogen and oxygen atoms in total. The molecule has 1 N–H and O–H groups in total. The molecular formula is C20H22BrN3O2S. The van der Waals surface area contributed by atoms with E-state index < -0.39 is 5.54 Å². The third-order valence-electron chi connectivity index (χ3n) is 3.64. The Morgan fingerprint density at radius 3 is 2.93 bits per heavy atom. The smallest absolute Gasteiger partial charge is 0.177 e. The highest BCUT2D eigenvalue weighted by atomic mass is 79.9. The number of ether oxygens (including phenoxy) is 1. The number of benzene rings is 1. The number of halogens is 1. The number of aromatic nitrogens is 1. The normalized spacial score (nSPS) is 12.6. The van der Waals surface area contributed by atoms with Crippen molar-refractivity contribution in [3.8, 4) is 18.1 Å². The molecule has 0 aliphatic rings. The summed E-state index contributed by atoms with van der Waals surface area (Å²) >= 11 is 8.94. The second-order valence-corrected chi connectivity index (χ2v) is 8.00. The van der Waals surface area contributed by atoms with Gasteiger partial charge in [0.2, 0.25) is 0 Å². The molecule has 0 saturated carbocycles. The molecular weight excluding hydrogens is 426 g/mol. The van der Waals surface area contributed by atoms with Crippen molar-refractivity contribution in [2.45, 2.75) is 39.3 Å². The molecule has 0 aliphatic heterocycles. The van der Waals surface area contributed by atoms with Crippen LogP contribution in [-0.2, 0) is 4.84 Å². The van der Waals surface area contributed by atoms with Crippen LogP contribution in [-0.4, -0.2) is 34.4 Å². The topological polar surface area (TPSA) is 55.7 Å². The van der Waals surface area contributed by atoms with E-state index in [0.717, 1.165) is 26.7 Å². The Labute approximate surface area is 173 Å². The van der Waals surface area contributed by atoms with Crippen molar-refractivity contribution in [3.63, 3.8) is 0 Å². The minimum absolute atomic E-state index is 0.128. The highest BCUT2D eigenvalue weighted by Gasteiger charge is 2.21. The maximum absolute atomic E-state index is 6.04. The van der Waals surface area contributed by atoms with E-state index in [2.05, 4.69) is 37.3 Å². The quantitative estimate of drug-likeness (QED) is 0.224. The minimum Gasteiger partial charge on any atom is -0.484 e. The zero-order valence-corrected chi connectivity index (χ0v) is 18.1. The Kier molecular flexibility index (Phi) is 7.17. The molecule has 1 unspecified atom stereocenters. The molecule has 0 bridgehead atoms. The third-order valence-corrected chi connectivity index (χ3v) is 4.51. The van der Waals surface area contributed by atoms with Crippen LogP contribution in [0.1, 0.15) is 26.3 Å². The Bertz CT molecular complexity index is 906. The summed E-state index contributed by atoms with van der Waals surface area (Å²) in [6.07, 6.45) is 8.20. The lowest BCUT2D eigenvalue weighted by Crippen LogP contribution is -2.48. The van der Waals surface area contributed by atoms with Gasteiger partial charge in [-0.1, -0.05) is 23.3 Å². The average Bonchev–Trinajstić information content (AvgIpc) is 2.58. The number of nitrogens with one attached hydrogen (secondary N) is 1. The number of nitrogens with zero attached hydrogens (tertiary/aromatic N) is 2. The molecule has 0 amide bonds. The summed E-state index contributed by atoms with van der Waals surface area (Å²) in [6.45, 7) is 7.89. The summed E-state index contributed by atoms with van der Waals surface area (Å²) in [5.41, 5.74) is 1.49. The van der Waals surface area contributed by atoms with Gasteiger partial charge in [0.1, 0.15) is 16.8 Å². The fraction of sp³-hybridized carbons (Fsp3) is 0.350. The second kappa shape index (κ2) is 9.16. The van der Waals surface area contributed by atoms with Gasteiger partial charge in [-0.15, -0.1) is 6.42 Å². The summed E-state index contributed by atoms with van der Waals surface area (Å²) in [6, 6.07) is 5.93. The van der Waals surface area contributed by atoms with Crippen molar-refractivity contribution in [1.29, 1.82) is 0 Å². The van der Waals surface area contributed by atoms with Crippen molar-refractivity contribution >= 4 is 50.3 Å². The van der Waals surface area contributed by atoms with Gasteiger partial charge in [-0.05, 0) is 67.4 Å². The first-order valence-electron chi connectivity index (χ1n) is 8.36. The number of pyridine rings is 1. The van der Waals surface area contributed by atoms with E-state index in [1.54, 1.807) is 12.4 Å². The standard InChI is InChI=1S/C20H22BrN3O2S/c1-6-7-25-23-12-20(4,5)24-19(27)14(3)26-17-8-13(2)18-15(10-17)9-16(21)11-22-18/h1,8-12,14H,7H2,2-5H3,(H,24,27). The van der Waals surface area contributed by atoms with Crippen molar-refractivity contribution in [2.24, 2.45) is 5.16 Å². The van der Waals surface area contributed by atoms with Crippen LogP contribution < -0.4 is 10.1 Å². The van der Waals surface area contributed by atoms with Crippen molar-refractivity contribution < 1.29 is 9.57 Å². The van der Waals surface area contributed by atoms with E-state index in [1.807, 2.05) is 45.9 Å². The summed E-state index contributed by atoms with van der Waals surface area (Å²) in [5, 5.41) is 8.06. The van der Waals surface area contributed by atoms with E-state index in [9.17, 15) is 0 Å². The van der Waals surface area contributed by atoms with Crippen molar-refractivity contribution in [3.05, 3.63) is 34.4 Å². The first-order chi connectivity index (χ1) is 12.7. The van der Waals surface area contributed by atoms with Crippen LogP contribution in [0.5, 0.6) is 5.75 Å². The number of rotatable bonds is 7. The summed E-state index contributed by atoms with van der Waals surface area (Å²) in [7, 11) is 0. The number of thiocarbonyl (C=S) groups is 1. The average molecular weight is 448 g/mol. The van der Waals surface area contributed by atoms with Gasteiger partial charge in [-0.2, -0.15) is 0 Å². The first-order valence-corrected chi connectivity index (χ1v) is 9.56. The first kappa shape index (κ1) is 21.1. The zero-order chi connectivity index (χ0) is 20.0. The monoisotopic (exact) mass is 447 g/mol. The molecule has 142 valence electrons. The Hall–Kier alpha value is -2.17. The Morgan fingerprint density at radius 1 is 1.48 bits per heavy atom. The van der Waals surface area contributed by atoms with Gasteiger partial charge in [0, 0.05) is 16.1 Å². The largest absolute Gasteiger partial charge is 0.484 e. The number of aryl methyl sites for hydroxylation is 1. The van der Waals surface area contributed by atoms with Crippen LogP contribution in [0.25, 0.3) is 10.9 Å². The molecule has 0 spiro atoms. The van der Waals surface area contributed by atoms with Gasteiger partial charge in [0.25, 0.3) is 0 Å². The number of hydrogen-bond donors (Lipinski definition) is 1. The van der Waals surface area contributed by atoms with Crippen LogP contribution in [0.2, 0.25) is 0 Å². The molecule has 27 heavy (non-hydrogen) atoms. The summed E-state index contributed by atoms with van der Waals surface area (Å²) in [5.74, 6) is 3.09. The Balaban J connectivity index is 2.06. The van der Waals surface area contributed by atoms with E-state index in [4.69, 9.17) is 28.2 Å². The molecule has 0 aliphatic carbocycles. The molecule has 1 aromatic heterocycles. The van der Waals surface area contributed by atoms with Gasteiger partial charge in [0.15, 0.2) is 6.61 Å². The number of terminal acetylenes is 1. The highest BCUT2D eigenvalue weighted by Crippen LogP contribution is 2.26. The number of hydrogen-bond acceptors (Lipinski definition) is 5. The molecule has 0 radical (unpaired) electrons. The molecule has 1 aromatic carbocycles. The van der Waals surface area contributed by atoms with E-state index in [1.165, 1.54) is 0 Å². The summed E-state index contributed by atoms with van der Waals surface area (Å²) < 4.78 is 6.97. The molecule has 1 heterocycles. The van der Waals surface area contributed by atoms with E-state index >= 15 is 0 Å². The van der Waals surface area contributed by atoms with Gasteiger partial charge < -0.3 is 14.9 Å². The van der Waals surface area contributed by atoms with Gasteiger partial charge in [-0.3, -0.25) is 4.98 Å². The fourth-order valence-electron chi connectivity index (χ4n) is 2.39. The van der Waals surface area contributed by atoms with Crippen LogP contribution in [0.3, 0.4) is 0 Å². The molecule has 2 aromatic rings. The zero-order valence-electron chi connectivity index (χ0n) is 15.7. The lowest BCUT2D eigenvalue weighted by Gasteiger charge is -2.26. The lowest BCUT2D eigenvalue weighted by molar-refractivity contribution is 0.179. The summed E-state index contributed by atoms with van der Waals surface area (Å²) in [4.78, 5) is 9.94. The third kappa shape index (κ3) is 6.19. The van der Waals surface area contributed by atoms with Crippen LogP contribution in [0.15, 0.2) is 34.0 Å². The predicted octanol–water partition coefficient (Wildman–Crippen LogP) is 4.40. The van der Waals surface area contributed by atoms with Crippen molar-refractivity contribution in [1.82, 2.24) is 10.3 Å². The number of fused-ring (bicyclic) bond motifs is 1. The SMILES string of the molecule is C#CCON=CC(C)(C)NC(=S)C(C)Oc1cc(C)c2ncc(Br)cc2c1.